The first kappa shape index (κ1) is 18.7. The number of likely N-dealkylation sites (tertiary alicyclic amines) is 1. The first-order chi connectivity index (χ1) is 10.9. The maximum Gasteiger partial charge on any atom is 0.240 e. The van der Waals surface area contributed by atoms with Gasteiger partial charge in [0.05, 0.1) is 11.5 Å². The molecule has 130 valence electrons. The molecule has 0 amide bonds. The molecular weight excluding hydrogens is 336 g/mol. The Kier molecular flexibility index (Phi) is 6.85. The SMILES string of the molecule is COCCN1CCC(CNS(=O)(=O)c2cc(Cl)ccc2C)CC1. The third-order valence-electron chi connectivity index (χ3n) is 4.32. The summed E-state index contributed by atoms with van der Waals surface area (Å²) in [7, 11) is -1.80. The summed E-state index contributed by atoms with van der Waals surface area (Å²) < 4.78 is 32.7. The number of hydrogen-bond acceptors (Lipinski definition) is 4. The molecule has 5 nitrogen and oxygen atoms in total. The molecule has 1 aliphatic rings. The van der Waals surface area contributed by atoms with Gasteiger partial charge in [0, 0.05) is 25.2 Å². The molecular formula is C16H25ClN2O3S. The van der Waals surface area contributed by atoms with E-state index in [1.165, 1.54) is 6.07 Å². The van der Waals surface area contributed by atoms with Gasteiger partial charge in [-0.15, -0.1) is 0 Å². The Balaban J connectivity index is 1.87. The Morgan fingerprint density at radius 1 is 1.35 bits per heavy atom. The maximum absolute atomic E-state index is 12.5. The van der Waals surface area contributed by atoms with Crippen LogP contribution in [0.2, 0.25) is 5.02 Å². The van der Waals surface area contributed by atoms with Crippen molar-refractivity contribution >= 4 is 21.6 Å². The molecule has 0 atom stereocenters. The van der Waals surface area contributed by atoms with Crippen LogP contribution in [0.3, 0.4) is 0 Å². The van der Waals surface area contributed by atoms with Crippen LogP contribution in [0.5, 0.6) is 0 Å². The number of ether oxygens (including phenoxy) is 1. The number of nitrogens with one attached hydrogen (secondary N) is 1. The minimum Gasteiger partial charge on any atom is -0.383 e. The van der Waals surface area contributed by atoms with Crippen LogP contribution in [-0.2, 0) is 14.8 Å². The number of aryl methyl sites for hydroxylation is 1. The molecule has 0 aliphatic carbocycles. The minimum atomic E-state index is -3.51. The molecule has 1 saturated heterocycles. The lowest BCUT2D eigenvalue weighted by molar-refractivity contribution is 0.121. The van der Waals surface area contributed by atoms with E-state index in [0.717, 1.165) is 39.1 Å². The van der Waals surface area contributed by atoms with Crippen LogP contribution in [0, 0.1) is 12.8 Å². The standard InChI is InChI=1S/C16H25ClN2O3S/c1-13-3-4-15(17)11-16(13)23(20,21)18-12-14-5-7-19(8-6-14)9-10-22-2/h3-4,11,14,18H,5-10,12H2,1-2H3. The molecule has 7 heteroatoms. The van der Waals surface area contributed by atoms with Crippen molar-refractivity contribution in [3.05, 3.63) is 28.8 Å². The van der Waals surface area contributed by atoms with Crippen LogP contribution >= 0.6 is 11.6 Å². The van der Waals surface area contributed by atoms with E-state index in [4.69, 9.17) is 16.3 Å². The first-order valence-electron chi connectivity index (χ1n) is 7.89. The minimum absolute atomic E-state index is 0.266. The fourth-order valence-electron chi connectivity index (χ4n) is 2.80. The molecule has 23 heavy (non-hydrogen) atoms. The van der Waals surface area contributed by atoms with Gasteiger partial charge in [0.2, 0.25) is 10.0 Å². The summed E-state index contributed by atoms with van der Waals surface area (Å²) >= 11 is 5.92. The Morgan fingerprint density at radius 3 is 2.70 bits per heavy atom. The van der Waals surface area contributed by atoms with Crippen molar-refractivity contribution in [2.75, 3.05) is 39.9 Å². The molecule has 1 N–H and O–H groups in total. The molecule has 2 rings (SSSR count). The predicted molar refractivity (Wildman–Crippen MR) is 92.4 cm³/mol. The highest BCUT2D eigenvalue weighted by Crippen LogP contribution is 2.21. The van der Waals surface area contributed by atoms with E-state index in [2.05, 4.69) is 9.62 Å². The number of hydrogen-bond donors (Lipinski definition) is 1. The van der Waals surface area contributed by atoms with Crippen LogP contribution in [0.15, 0.2) is 23.1 Å². The van der Waals surface area contributed by atoms with E-state index >= 15 is 0 Å². The van der Waals surface area contributed by atoms with Crippen molar-refractivity contribution in [1.29, 1.82) is 0 Å². The molecule has 1 aromatic carbocycles. The van der Waals surface area contributed by atoms with E-state index in [1.807, 2.05) is 0 Å². The molecule has 1 aliphatic heterocycles. The van der Waals surface area contributed by atoms with Crippen LogP contribution in [0.1, 0.15) is 18.4 Å². The normalized spacial score (nSPS) is 17.5. The molecule has 1 heterocycles. The molecule has 0 bridgehead atoms. The zero-order chi connectivity index (χ0) is 16.9. The number of halogens is 1. The van der Waals surface area contributed by atoms with Crippen LogP contribution < -0.4 is 4.72 Å². The summed E-state index contributed by atoms with van der Waals surface area (Å²) in [4.78, 5) is 2.62. The van der Waals surface area contributed by atoms with E-state index in [1.54, 1.807) is 26.2 Å². The van der Waals surface area contributed by atoms with E-state index in [-0.39, 0.29) is 4.90 Å². The predicted octanol–water partition coefficient (Wildman–Crippen LogP) is 2.29. The monoisotopic (exact) mass is 360 g/mol. The summed E-state index contributed by atoms with van der Waals surface area (Å²) in [6.07, 6.45) is 2.00. The summed E-state index contributed by atoms with van der Waals surface area (Å²) in [5.74, 6) is 0.378. The average Bonchev–Trinajstić information content (AvgIpc) is 2.54. The Bertz CT molecular complexity index is 614. The highest BCUT2D eigenvalue weighted by atomic mass is 35.5. The topological polar surface area (TPSA) is 58.6 Å². The van der Waals surface area contributed by atoms with Gasteiger partial charge in [-0.25, -0.2) is 13.1 Å². The van der Waals surface area contributed by atoms with Gasteiger partial charge in [-0.1, -0.05) is 17.7 Å². The zero-order valence-corrected chi connectivity index (χ0v) is 15.3. The van der Waals surface area contributed by atoms with Crippen molar-refractivity contribution < 1.29 is 13.2 Å². The lowest BCUT2D eigenvalue weighted by Gasteiger charge is -2.31. The molecule has 1 fully saturated rings. The van der Waals surface area contributed by atoms with Gasteiger partial charge in [-0.2, -0.15) is 0 Å². The summed E-state index contributed by atoms with van der Waals surface area (Å²) in [5, 5.41) is 0.433. The van der Waals surface area contributed by atoms with Gasteiger partial charge < -0.3 is 9.64 Å². The number of piperidine rings is 1. The number of rotatable bonds is 7. The molecule has 0 spiro atoms. The third-order valence-corrected chi connectivity index (χ3v) is 6.12. The van der Waals surface area contributed by atoms with Crippen molar-refractivity contribution in [1.82, 2.24) is 9.62 Å². The summed E-state index contributed by atoms with van der Waals surface area (Å²) in [5.41, 5.74) is 0.705. The quantitative estimate of drug-likeness (QED) is 0.810. The van der Waals surface area contributed by atoms with Crippen molar-refractivity contribution in [3.8, 4) is 0 Å². The highest BCUT2D eigenvalue weighted by molar-refractivity contribution is 7.89. The number of benzene rings is 1. The van der Waals surface area contributed by atoms with E-state index in [9.17, 15) is 8.42 Å². The number of methoxy groups -OCH3 is 1. The van der Waals surface area contributed by atoms with Crippen molar-refractivity contribution in [3.63, 3.8) is 0 Å². The Hall–Kier alpha value is -0.660. The highest BCUT2D eigenvalue weighted by Gasteiger charge is 2.22. The Labute approximate surface area is 144 Å². The first-order valence-corrected chi connectivity index (χ1v) is 9.75. The summed E-state index contributed by atoms with van der Waals surface area (Å²) in [6.45, 7) is 5.92. The second kappa shape index (κ2) is 8.44. The van der Waals surface area contributed by atoms with Crippen molar-refractivity contribution in [2.24, 2.45) is 5.92 Å². The van der Waals surface area contributed by atoms with Crippen LogP contribution in [-0.4, -0.2) is 53.2 Å². The maximum atomic E-state index is 12.5. The number of nitrogens with zero attached hydrogens (tertiary/aromatic N) is 1. The lowest BCUT2D eigenvalue weighted by Crippen LogP contribution is -2.39. The molecule has 0 unspecified atom stereocenters. The van der Waals surface area contributed by atoms with E-state index in [0.29, 0.717) is 23.0 Å². The van der Waals surface area contributed by atoms with E-state index < -0.39 is 10.0 Å². The average molecular weight is 361 g/mol. The van der Waals surface area contributed by atoms with Gasteiger partial charge in [-0.05, 0) is 56.5 Å². The van der Waals surface area contributed by atoms with Gasteiger partial charge in [0.1, 0.15) is 0 Å². The molecule has 1 aromatic rings. The molecule has 0 saturated carbocycles. The van der Waals surface area contributed by atoms with Gasteiger partial charge in [0.25, 0.3) is 0 Å². The van der Waals surface area contributed by atoms with Crippen LogP contribution in [0.25, 0.3) is 0 Å². The number of sulfonamides is 1. The fraction of sp³-hybridized carbons (Fsp3) is 0.625. The van der Waals surface area contributed by atoms with Crippen LogP contribution in [0.4, 0.5) is 0 Å². The third kappa shape index (κ3) is 5.43. The van der Waals surface area contributed by atoms with Crippen molar-refractivity contribution in [2.45, 2.75) is 24.7 Å². The smallest absolute Gasteiger partial charge is 0.240 e. The second-order valence-corrected chi connectivity index (χ2v) is 8.21. The largest absolute Gasteiger partial charge is 0.383 e. The fourth-order valence-corrected chi connectivity index (χ4v) is 4.42. The van der Waals surface area contributed by atoms with Gasteiger partial charge >= 0.3 is 0 Å². The molecule has 0 aromatic heterocycles. The second-order valence-electron chi connectivity index (χ2n) is 6.04. The van der Waals surface area contributed by atoms with Gasteiger partial charge in [-0.3, -0.25) is 0 Å². The van der Waals surface area contributed by atoms with Gasteiger partial charge in [0.15, 0.2) is 0 Å². The zero-order valence-electron chi connectivity index (χ0n) is 13.7. The molecule has 0 radical (unpaired) electrons. The summed E-state index contributed by atoms with van der Waals surface area (Å²) in [6, 6.07) is 4.93. The lowest BCUT2D eigenvalue weighted by atomic mass is 9.97. The Morgan fingerprint density at radius 2 is 2.04 bits per heavy atom.